The average Bonchev–Trinajstić information content (AvgIpc) is 2.64. The maximum absolute atomic E-state index is 10.2. The first kappa shape index (κ1) is 9.56. The Bertz CT molecular complexity index is 303. The van der Waals surface area contributed by atoms with Gasteiger partial charge in [-0.2, -0.15) is 0 Å². The van der Waals surface area contributed by atoms with Crippen LogP contribution in [0.5, 0.6) is 0 Å². The Kier molecular flexibility index (Phi) is 3.80. The normalized spacial score (nSPS) is 11.5. The largest absolute Gasteiger partial charge is 0.456 e. The third-order valence-electron chi connectivity index (χ3n) is 1.47. The van der Waals surface area contributed by atoms with Gasteiger partial charge >= 0.3 is 0 Å². The van der Waals surface area contributed by atoms with E-state index in [2.05, 4.69) is 11.8 Å². The van der Waals surface area contributed by atoms with Gasteiger partial charge in [0.2, 0.25) is 0 Å². The number of rotatable bonds is 3. The molecule has 68 valence electrons. The maximum Gasteiger partial charge on any atom is 0.176 e. The van der Waals surface area contributed by atoms with Gasteiger partial charge in [-0.1, -0.05) is 5.92 Å². The molecule has 0 spiro atoms. The zero-order chi connectivity index (χ0) is 9.52. The minimum atomic E-state index is -0.345. The quantitative estimate of drug-likeness (QED) is 0.516. The fraction of sp³-hybridized carbons (Fsp3) is 0.300. The molecular weight excluding hydrogens is 168 g/mol. The summed E-state index contributed by atoms with van der Waals surface area (Å²) >= 11 is 0. The first-order valence-corrected chi connectivity index (χ1v) is 3.88. The molecule has 0 amide bonds. The number of furan rings is 1. The fourth-order valence-electron chi connectivity index (χ4n) is 0.803. The van der Waals surface area contributed by atoms with Crippen molar-refractivity contribution in [1.82, 2.24) is 0 Å². The van der Waals surface area contributed by atoms with Crippen LogP contribution in [0, 0.1) is 11.8 Å². The molecule has 0 bridgehead atoms. The summed E-state index contributed by atoms with van der Waals surface area (Å²) in [6, 6.07) is 3.51. The summed E-state index contributed by atoms with van der Waals surface area (Å²) in [7, 11) is 1.52. The van der Waals surface area contributed by atoms with Crippen LogP contribution >= 0.6 is 0 Å². The first-order chi connectivity index (χ1) is 6.36. The van der Waals surface area contributed by atoms with Crippen molar-refractivity contribution in [2.24, 2.45) is 0 Å². The number of carbonyl (C=O) groups excluding carboxylic acids is 1. The van der Waals surface area contributed by atoms with Gasteiger partial charge in [-0.3, -0.25) is 0 Å². The van der Waals surface area contributed by atoms with Gasteiger partial charge in [-0.25, -0.2) is 0 Å². The number of hydrogen-bond donors (Lipinski definition) is 0. The van der Waals surface area contributed by atoms with E-state index in [1.54, 1.807) is 18.4 Å². The second kappa shape index (κ2) is 5.18. The van der Waals surface area contributed by atoms with Crippen molar-refractivity contribution in [2.75, 3.05) is 7.11 Å². The molecule has 1 rings (SSSR count). The Labute approximate surface area is 76.7 Å². The third kappa shape index (κ3) is 3.14. The topological polar surface area (TPSA) is 39.4 Å². The molecule has 0 saturated heterocycles. The van der Waals surface area contributed by atoms with Gasteiger partial charge < -0.3 is 13.9 Å². The summed E-state index contributed by atoms with van der Waals surface area (Å²) in [5.74, 6) is 6.11. The van der Waals surface area contributed by atoms with Crippen molar-refractivity contribution in [3.63, 3.8) is 0 Å². The molecule has 0 fully saturated rings. The van der Waals surface area contributed by atoms with E-state index >= 15 is 0 Å². The average molecular weight is 178 g/mol. The number of aldehydes is 1. The van der Waals surface area contributed by atoms with Crippen LogP contribution in [0.25, 0.3) is 0 Å². The minimum Gasteiger partial charge on any atom is -0.456 e. The van der Waals surface area contributed by atoms with Crippen molar-refractivity contribution in [1.29, 1.82) is 0 Å². The summed E-state index contributed by atoms with van der Waals surface area (Å²) in [5.41, 5.74) is 0. The molecule has 0 aliphatic carbocycles. The highest BCUT2D eigenvalue weighted by Crippen LogP contribution is 1.98. The fourth-order valence-corrected chi connectivity index (χ4v) is 0.803. The Hall–Kier alpha value is -1.53. The molecule has 0 aromatic carbocycles. The highest BCUT2D eigenvalue weighted by atomic mass is 16.5. The monoisotopic (exact) mass is 178 g/mol. The van der Waals surface area contributed by atoms with Crippen LogP contribution in [0.4, 0.5) is 0 Å². The first-order valence-electron chi connectivity index (χ1n) is 3.88. The number of methoxy groups -OCH3 is 1. The molecule has 13 heavy (non-hydrogen) atoms. The van der Waals surface area contributed by atoms with E-state index < -0.39 is 0 Å². The zero-order valence-electron chi connectivity index (χ0n) is 7.32. The lowest BCUT2D eigenvalue weighted by atomic mass is 10.2. The highest BCUT2D eigenvalue weighted by Gasteiger charge is 2.00. The predicted octanol–water partition coefficient (Wildman–Crippen LogP) is 1.24. The van der Waals surface area contributed by atoms with Crippen LogP contribution in [0.3, 0.4) is 0 Å². The summed E-state index contributed by atoms with van der Waals surface area (Å²) < 4.78 is 9.93. The van der Waals surface area contributed by atoms with Crippen molar-refractivity contribution < 1.29 is 13.9 Å². The molecular formula is C10H10O3. The number of carbonyl (C=O) groups is 1. The summed E-state index contributed by atoms with van der Waals surface area (Å²) in [6.07, 6.45) is 2.27. The van der Waals surface area contributed by atoms with Crippen LogP contribution in [0.15, 0.2) is 22.8 Å². The third-order valence-corrected chi connectivity index (χ3v) is 1.47. The van der Waals surface area contributed by atoms with Crippen LogP contribution in [0.2, 0.25) is 0 Å². The van der Waals surface area contributed by atoms with Gasteiger partial charge in [0.05, 0.1) is 6.26 Å². The molecule has 0 unspecified atom stereocenters. The van der Waals surface area contributed by atoms with E-state index in [1.807, 2.05) is 0 Å². The van der Waals surface area contributed by atoms with E-state index in [-0.39, 0.29) is 12.5 Å². The van der Waals surface area contributed by atoms with E-state index in [4.69, 9.17) is 9.15 Å². The van der Waals surface area contributed by atoms with Gasteiger partial charge in [-0.05, 0) is 18.1 Å². The molecule has 0 aliphatic heterocycles. The SMILES string of the molecule is CO[C@H](C#Cc1ccco1)CC=O. The Morgan fingerprint density at radius 2 is 2.62 bits per heavy atom. The maximum atomic E-state index is 10.2. The van der Waals surface area contributed by atoms with Gasteiger partial charge in [-0.15, -0.1) is 0 Å². The van der Waals surface area contributed by atoms with Crippen LogP contribution < -0.4 is 0 Å². The van der Waals surface area contributed by atoms with Gasteiger partial charge in [0.15, 0.2) is 5.76 Å². The van der Waals surface area contributed by atoms with Crippen molar-refractivity contribution in [2.45, 2.75) is 12.5 Å². The Balaban J connectivity index is 2.58. The zero-order valence-corrected chi connectivity index (χ0v) is 7.32. The van der Waals surface area contributed by atoms with Crippen LogP contribution in [0.1, 0.15) is 12.2 Å². The lowest BCUT2D eigenvalue weighted by Crippen LogP contribution is -2.07. The van der Waals surface area contributed by atoms with E-state index in [0.29, 0.717) is 5.76 Å². The Morgan fingerprint density at radius 1 is 1.77 bits per heavy atom. The Morgan fingerprint density at radius 3 is 3.15 bits per heavy atom. The highest BCUT2D eigenvalue weighted by molar-refractivity contribution is 5.51. The van der Waals surface area contributed by atoms with Gasteiger partial charge in [0, 0.05) is 13.5 Å². The van der Waals surface area contributed by atoms with Crippen LogP contribution in [-0.4, -0.2) is 19.5 Å². The van der Waals surface area contributed by atoms with Gasteiger partial charge in [0.25, 0.3) is 0 Å². The second-order valence-corrected chi connectivity index (χ2v) is 2.37. The van der Waals surface area contributed by atoms with Crippen molar-refractivity contribution >= 4 is 6.29 Å². The molecule has 1 aromatic heterocycles. The van der Waals surface area contributed by atoms with E-state index in [0.717, 1.165) is 6.29 Å². The number of ether oxygens (including phenoxy) is 1. The van der Waals surface area contributed by atoms with E-state index in [9.17, 15) is 4.79 Å². The molecule has 0 saturated carbocycles. The smallest absolute Gasteiger partial charge is 0.176 e. The molecule has 1 atom stereocenters. The van der Waals surface area contributed by atoms with E-state index in [1.165, 1.54) is 7.11 Å². The lowest BCUT2D eigenvalue weighted by Gasteiger charge is -2.01. The molecule has 0 N–H and O–H groups in total. The molecule has 0 radical (unpaired) electrons. The molecule has 1 aromatic rings. The van der Waals surface area contributed by atoms with Gasteiger partial charge in [0.1, 0.15) is 12.4 Å². The molecule has 0 aliphatic rings. The summed E-state index contributed by atoms with van der Waals surface area (Å²) in [4.78, 5) is 10.2. The van der Waals surface area contributed by atoms with Crippen molar-refractivity contribution in [3.05, 3.63) is 24.2 Å². The lowest BCUT2D eigenvalue weighted by molar-refractivity contribution is -0.109. The minimum absolute atomic E-state index is 0.282. The molecule has 1 heterocycles. The predicted molar refractivity (Wildman–Crippen MR) is 47.1 cm³/mol. The standard InChI is InChI=1S/C10H10O3/c1-12-9(6-7-11)4-5-10-3-2-8-13-10/h2-3,7-9H,6H2,1H3/t9-/m1/s1. The second-order valence-electron chi connectivity index (χ2n) is 2.37. The van der Waals surface area contributed by atoms with Crippen LogP contribution in [-0.2, 0) is 9.53 Å². The summed E-state index contributed by atoms with van der Waals surface area (Å²) in [6.45, 7) is 0. The summed E-state index contributed by atoms with van der Waals surface area (Å²) in [5, 5.41) is 0. The molecule has 3 nitrogen and oxygen atoms in total. The molecule has 3 heteroatoms. The number of hydrogen-bond acceptors (Lipinski definition) is 3. The van der Waals surface area contributed by atoms with Crippen molar-refractivity contribution in [3.8, 4) is 11.8 Å².